The van der Waals surface area contributed by atoms with Crippen molar-refractivity contribution in [1.82, 2.24) is 14.9 Å². The number of hydrogen-bond donors (Lipinski definition) is 3. The van der Waals surface area contributed by atoms with Gasteiger partial charge in [-0.2, -0.15) is 0 Å². The number of rotatable bonds is 9. The number of hydrogen-bond acceptors (Lipinski definition) is 6. The number of sulfonamides is 1. The van der Waals surface area contributed by atoms with E-state index in [0.717, 1.165) is 25.2 Å². The lowest BCUT2D eigenvalue weighted by Gasteiger charge is -2.31. The third kappa shape index (κ3) is 7.11. The van der Waals surface area contributed by atoms with Gasteiger partial charge in [-0.25, -0.2) is 13.1 Å². The van der Waals surface area contributed by atoms with E-state index >= 15 is 0 Å². The number of carbonyl (C=O) groups excluding carboxylic acids is 1. The molecule has 2 aliphatic rings. The Morgan fingerprint density at radius 3 is 2.55 bits per heavy atom. The molecule has 1 saturated heterocycles. The van der Waals surface area contributed by atoms with Gasteiger partial charge in [0.1, 0.15) is 6.10 Å². The van der Waals surface area contributed by atoms with Crippen molar-refractivity contribution in [3.63, 3.8) is 0 Å². The zero-order valence-electron chi connectivity index (χ0n) is 18.0. The fourth-order valence-corrected chi connectivity index (χ4v) is 5.09. The molecule has 3 N–H and O–H groups in total. The number of amides is 1. The molecule has 8 nitrogen and oxygen atoms in total. The predicted molar refractivity (Wildman–Crippen MR) is 118 cm³/mol. The van der Waals surface area contributed by atoms with Gasteiger partial charge in [-0.05, 0) is 45.0 Å². The highest BCUT2D eigenvalue weighted by Gasteiger charge is 2.31. The standard InChI is InChI=1S/C22H33N3O5S/c1-17-5-8-19(9-6-17)31(28,29)24-20-10-7-18(30-21(20)16-26)15-22(27)23-11-14-25-12-3-2-4-13-25/h5-10,18,20-21,24,26H,2-4,11-16H2,1H3,(H,23,27)/t18-,20-,21-/m0/s1. The molecule has 9 heteroatoms. The molecular formula is C22H33N3O5S. The molecule has 0 radical (unpaired) electrons. The third-order valence-electron chi connectivity index (χ3n) is 5.67. The van der Waals surface area contributed by atoms with Gasteiger partial charge in [0.15, 0.2) is 0 Å². The van der Waals surface area contributed by atoms with Gasteiger partial charge < -0.3 is 20.1 Å². The Labute approximate surface area is 184 Å². The number of benzene rings is 1. The van der Waals surface area contributed by atoms with Crippen molar-refractivity contribution in [2.45, 2.75) is 55.8 Å². The minimum Gasteiger partial charge on any atom is -0.394 e. The minimum atomic E-state index is -3.76. The number of nitrogens with one attached hydrogen (secondary N) is 2. The van der Waals surface area contributed by atoms with Gasteiger partial charge >= 0.3 is 0 Å². The summed E-state index contributed by atoms with van der Waals surface area (Å²) in [6.45, 7) is 5.13. The molecule has 31 heavy (non-hydrogen) atoms. The van der Waals surface area contributed by atoms with Crippen LogP contribution in [0.5, 0.6) is 0 Å². The van der Waals surface area contributed by atoms with E-state index in [1.807, 2.05) is 6.92 Å². The zero-order valence-corrected chi connectivity index (χ0v) is 18.8. The number of carbonyl (C=O) groups is 1. The van der Waals surface area contributed by atoms with Crippen LogP contribution >= 0.6 is 0 Å². The van der Waals surface area contributed by atoms with E-state index in [9.17, 15) is 18.3 Å². The molecule has 0 saturated carbocycles. The summed E-state index contributed by atoms with van der Waals surface area (Å²) in [6.07, 6.45) is 5.90. The molecular weight excluding hydrogens is 418 g/mol. The third-order valence-corrected chi connectivity index (χ3v) is 7.15. The highest BCUT2D eigenvalue weighted by molar-refractivity contribution is 7.89. The molecule has 2 heterocycles. The molecule has 2 aliphatic heterocycles. The second-order valence-electron chi connectivity index (χ2n) is 8.20. The molecule has 1 aromatic carbocycles. The van der Waals surface area contributed by atoms with Crippen LogP contribution in [0.3, 0.4) is 0 Å². The number of nitrogens with zero attached hydrogens (tertiary/aromatic N) is 1. The van der Waals surface area contributed by atoms with Crippen molar-refractivity contribution in [3.05, 3.63) is 42.0 Å². The first-order valence-electron chi connectivity index (χ1n) is 10.9. The Kier molecular flexibility index (Phi) is 8.62. The Morgan fingerprint density at radius 1 is 1.16 bits per heavy atom. The van der Waals surface area contributed by atoms with Gasteiger partial charge in [-0.15, -0.1) is 0 Å². The van der Waals surface area contributed by atoms with Gasteiger partial charge in [-0.1, -0.05) is 36.3 Å². The van der Waals surface area contributed by atoms with E-state index in [4.69, 9.17) is 4.74 Å². The monoisotopic (exact) mass is 451 g/mol. The minimum absolute atomic E-state index is 0.123. The van der Waals surface area contributed by atoms with Crippen molar-refractivity contribution < 1.29 is 23.1 Å². The molecule has 1 aromatic rings. The summed E-state index contributed by atoms with van der Waals surface area (Å²) in [6, 6.07) is 5.82. The van der Waals surface area contributed by atoms with E-state index in [2.05, 4.69) is 14.9 Å². The number of piperidine rings is 1. The lowest BCUT2D eigenvalue weighted by molar-refractivity contribution is -0.125. The summed E-state index contributed by atoms with van der Waals surface area (Å²) >= 11 is 0. The summed E-state index contributed by atoms with van der Waals surface area (Å²) in [5.74, 6) is -0.123. The van der Waals surface area contributed by atoms with Crippen LogP contribution in [-0.2, 0) is 19.6 Å². The van der Waals surface area contributed by atoms with Crippen molar-refractivity contribution in [1.29, 1.82) is 0 Å². The van der Waals surface area contributed by atoms with E-state index in [1.54, 1.807) is 24.3 Å². The van der Waals surface area contributed by atoms with Gasteiger partial charge in [-0.3, -0.25) is 4.79 Å². The number of likely N-dealkylation sites (tertiary alicyclic amines) is 1. The second-order valence-corrected chi connectivity index (χ2v) is 9.91. The first kappa shape index (κ1) is 23.9. The number of aliphatic hydroxyl groups is 1. The average molecular weight is 452 g/mol. The second kappa shape index (κ2) is 11.2. The molecule has 0 spiro atoms. The number of ether oxygens (including phenoxy) is 1. The normalized spacial score (nSPS) is 24.8. The van der Waals surface area contributed by atoms with Crippen LogP contribution in [0.15, 0.2) is 41.3 Å². The molecule has 1 amide bonds. The summed E-state index contributed by atoms with van der Waals surface area (Å²) in [5.41, 5.74) is 0.963. The fourth-order valence-electron chi connectivity index (χ4n) is 3.87. The highest BCUT2D eigenvalue weighted by atomic mass is 32.2. The van der Waals surface area contributed by atoms with E-state index in [0.29, 0.717) is 6.54 Å². The molecule has 172 valence electrons. The summed E-state index contributed by atoms with van der Waals surface area (Å²) in [5, 5.41) is 12.6. The van der Waals surface area contributed by atoms with Crippen LogP contribution in [0.4, 0.5) is 0 Å². The number of aliphatic hydroxyl groups excluding tert-OH is 1. The molecule has 0 unspecified atom stereocenters. The van der Waals surface area contributed by atoms with E-state index in [1.165, 1.54) is 31.4 Å². The quantitative estimate of drug-likeness (QED) is 0.483. The Hall–Kier alpha value is -1.78. The Bertz CT molecular complexity index is 850. The maximum absolute atomic E-state index is 12.6. The first-order chi connectivity index (χ1) is 14.9. The topological polar surface area (TPSA) is 108 Å². The van der Waals surface area contributed by atoms with Crippen LogP contribution in [0.25, 0.3) is 0 Å². The average Bonchev–Trinajstić information content (AvgIpc) is 2.75. The lowest BCUT2D eigenvalue weighted by atomic mass is 10.1. The molecule has 1 fully saturated rings. The van der Waals surface area contributed by atoms with Crippen LogP contribution in [0.1, 0.15) is 31.2 Å². The predicted octanol–water partition coefficient (Wildman–Crippen LogP) is 0.950. The van der Waals surface area contributed by atoms with Crippen molar-refractivity contribution >= 4 is 15.9 Å². The SMILES string of the molecule is Cc1ccc(S(=O)(=O)N[C@H]2C=C[C@@H](CC(=O)NCCN3CCCCC3)O[C@H]2CO)cc1. The van der Waals surface area contributed by atoms with Crippen LogP contribution < -0.4 is 10.0 Å². The fraction of sp³-hybridized carbons (Fsp3) is 0.591. The van der Waals surface area contributed by atoms with Crippen LogP contribution in [0, 0.1) is 6.92 Å². The molecule has 0 bridgehead atoms. The van der Waals surface area contributed by atoms with Crippen molar-refractivity contribution in [2.24, 2.45) is 0 Å². The van der Waals surface area contributed by atoms with Gasteiger partial charge in [0, 0.05) is 13.1 Å². The van der Waals surface area contributed by atoms with E-state index < -0.39 is 28.3 Å². The van der Waals surface area contributed by atoms with Crippen molar-refractivity contribution in [2.75, 3.05) is 32.8 Å². The molecule has 0 aliphatic carbocycles. The molecule has 0 aromatic heterocycles. The Balaban J connectivity index is 1.50. The van der Waals surface area contributed by atoms with Gasteiger partial charge in [0.2, 0.25) is 15.9 Å². The Morgan fingerprint density at radius 2 is 1.87 bits per heavy atom. The van der Waals surface area contributed by atoms with Crippen LogP contribution in [-0.4, -0.2) is 75.4 Å². The lowest BCUT2D eigenvalue weighted by Crippen LogP contribution is -2.49. The maximum Gasteiger partial charge on any atom is 0.241 e. The largest absolute Gasteiger partial charge is 0.394 e. The maximum atomic E-state index is 12.6. The molecule has 3 rings (SSSR count). The van der Waals surface area contributed by atoms with Gasteiger partial charge in [0.05, 0.1) is 30.1 Å². The van der Waals surface area contributed by atoms with Crippen molar-refractivity contribution in [3.8, 4) is 0 Å². The summed E-state index contributed by atoms with van der Waals surface area (Å²) < 4.78 is 33.6. The summed E-state index contributed by atoms with van der Waals surface area (Å²) in [7, 11) is -3.76. The van der Waals surface area contributed by atoms with E-state index in [-0.39, 0.29) is 23.8 Å². The summed E-state index contributed by atoms with van der Waals surface area (Å²) in [4.78, 5) is 14.8. The highest BCUT2D eigenvalue weighted by Crippen LogP contribution is 2.18. The smallest absolute Gasteiger partial charge is 0.241 e. The molecule has 3 atom stereocenters. The van der Waals surface area contributed by atoms with Crippen LogP contribution in [0.2, 0.25) is 0 Å². The van der Waals surface area contributed by atoms with Gasteiger partial charge in [0.25, 0.3) is 0 Å². The zero-order chi connectivity index (χ0) is 22.3. The number of aryl methyl sites for hydroxylation is 1. The first-order valence-corrected chi connectivity index (χ1v) is 12.4.